The second kappa shape index (κ2) is 18.6. The number of piperidine rings is 1. The molecule has 0 spiro atoms. The molecule has 0 bridgehead atoms. The zero-order valence-electron chi connectivity index (χ0n) is 37.6. The molecule has 0 aliphatic carbocycles. The number of halogens is 2. The predicted octanol–water partition coefficient (Wildman–Crippen LogP) is 7.86. The molecule has 3 aromatic heterocycles. The predicted molar refractivity (Wildman–Crippen MR) is 263 cm³/mol. The van der Waals surface area contributed by atoms with Gasteiger partial charge in [0.25, 0.3) is 0 Å². The lowest BCUT2D eigenvalue weighted by Gasteiger charge is -2.40. The summed E-state index contributed by atoms with van der Waals surface area (Å²) < 4.78 is 36.9. The number of nitrogens with one attached hydrogen (secondary N) is 3. The lowest BCUT2D eigenvalue weighted by atomic mass is 9.94. The van der Waals surface area contributed by atoms with E-state index >= 15 is 0 Å². The summed E-state index contributed by atoms with van der Waals surface area (Å²) in [7, 11) is 0.622. The molecule has 3 aromatic carbocycles. The topological polar surface area (TPSA) is 166 Å². The van der Waals surface area contributed by atoms with Crippen LogP contribution in [0.5, 0.6) is 5.75 Å². The SMILES string of the molecule is COc1cc(N2CCC(CN3CCN(c4ccc(N5CCC(=O)NC5=O)cc4)CC3)CC2)c(-c2cnn(C)c2)cc1Nc1ncc(Br)c(Nc2ccc3nc(C)c(F)cc3c2P(C)(C)=O)n1. The summed E-state index contributed by atoms with van der Waals surface area (Å²) in [4.78, 5) is 46.7. The minimum atomic E-state index is -2.94. The van der Waals surface area contributed by atoms with E-state index in [2.05, 4.69) is 85.9 Å². The molecule has 3 saturated heterocycles. The Morgan fingerprint density at radius 3 is 2.32 bits per heavy atom. The number of hydrogen-bond donors (Lipinski definition) is 3. The number of pyridine rings is 1. The Bertz CT molecular complexity index is 2860. The van der Waals surface area contributed by atoms with E-state index < -0.39 is 13.0 Å². The summed E-state index contributed by atoms with van der Waals surface area (Å²) in [6, 6.07) is 16.8. The summed E-state index contributed by atoms with van der Waals surface area (Å²) in [5, 5.41) is 14.6. The van der Waals surface area contributed by atoms with E-state index in [9.17, 15) is 18.5 Å². The molecule has 16 nitrogen and oxygen atoms in total. The second-order valence-corrected chi connectivity index (χ2v) is 21.5. The van der Waals surface area contributed by atoms with E-state index in [1.807, 2.05) is 31.6 Å². The number of fused-ring (bicyclic) bond motifs is 1. The van der Waals surface area contributed by atoms with E-state index in [0.29, 0.717) is 68.5 Å². The summed E-state index contributed by atoms with van der Waals surface area (Å²) in [6.45, 7) is 12.0. The summed E-state index contributed by atoms with van der Waals surface area (Å²) in [6.07, 6.45) is 7.94. The molecular weight excluding hydrogens is 926 g/mol. The van der Waals surface area contributed by atoms with E-state index in [0.717, 1.165) is 86.8 Å². The van der Waals surface area contributed by atoms with Crippen LogP contribution >= 0.6 is 23.1 Å². The Labute approximate surface area is 391 Å². The van der Waals surface area contributed by atoms with Crippen molar-refractivity contribution < 1.29 is 23.3 Å². The minimum Gasteiger partial charge on any atom is -0.494 e. The molecule has 0 radical (unpaired) electrons. The van der Waals surface area contributed by atoms with Gasteiger partial charge < -0.3 is 29.7 Å². The van der Waals surface area contributed by atoms with Gasteiger partial charge in [-0.05, 0) is 103 Å². The molecule has 0 unspecified atom stereocenters. The maximum atomic E-state index is 14.8. The number of carbonyl (C=O) groups excluding carboxylic acids is 2. The average molecular weight is 980 g/mol. The van der Waals surface area contributed by atoms with Crippen molar-refractivity contribution in [2.75, 3.05) is 98.1 Å². The largest absolute Gasteiger partial charge is 0.494 e. The van der Waals surface area contributed by atoms with Crippen LogP contribution in [0.1, 0.15) is 25.0 Å². The molecule has 3 aliphatic rings. The van der Waals surface area contributed by atoms with Crippen LogP contribution in [0.15, 0.2) is 77.7 Å². The standard InChI is InChI=1S/C47H53BrFN12O4P/c1-29-37(49)22-35-38(52-29)10-11-39(44(35)66(4,5)64)53-45-36(48)26-50-46(56-45)54-40-23-34(31-25-51-57(2)28-31)41(24-42(40)65-3)60-15-12-30(13-16-60)27-58-18-20-59(21-19-58)32-6-8-33(9-7-32)61-17-14-43(62)55-47(61)63/h6-11,22-26,28,30H,12-21,27H2,1-5H3,(H,55,62,63)(H2,50,53,54,56). The highest BCUT2D eigenvalue weighted by atomic mass is 79.9. The van der Waals surface area contributed by atoms with Gasteiger partial charge in [-0.1, -0.05) is 0 Å². The zero-order chi connectivity index (χ0) is 46.3. The van der Waals surface area contributed by atoms with Gasteiger partial charge in [-0.3, -0.25) is 29.6 Å². The Hall–Kier alpha value is -6.10. The highest BCUT2D eigenvalue weighted by molar-refractivity contribution is 9.10. The molecule has 0 atom stereocenters. The molecule has 66 heavy (non-hydrogen) atoms. The van der Waals surface area contributed by atoms with Crippen molar-refractivity contribution in [1.29, 1.82) is 0 Å². The number of urea groups is 1. The van der Waals surface area contributed by atoms with Crippen LogP contribution in [0.4, 0.5) is 49.4 Å². The van der Waals surface area contributed by atoms with Crippen LogP contribution in [0.25, 0.3) is 22.0 Å². The van der Waals surface area contributed by atoms with Crippen molar-refractivity contribution >= 4 is 91.4 Å². The Balaban J connectivity index is 0.874. The molecule has 3 fully saturated rings. The maximum absolute atomic E-state index is 14.8. The first kappa shape index (κ1) is 45.1. The van der Waals surface area contributed by atoms with Gasteiger partial charge in [0.05, 0.1) is 40.4 Å². The Morgan fingerprint density at radius 2 is 1.64 bits per heavy atom. The Kier molecular flexibility index (Phi) is 12.7. The van der Waals surface area contributed by atoms with Crippen LogP contribution in [-0.2, 0) is 16.4 Å². The number of benzene rings is 3. The fourth-order valence-corrected chi connectivity index (χ4v) is 11.0. The number of aryl methyl sites for hydroxylation is 2. The number of aromatic nitrogens is 5. The quantitative estimate of drug-likeness (QED) is 0.102. The van der Waals surface area contributed by atoms with Gasteiger partial charge in [0.1, 0.15) is 24.5 Å². The molecular formula is C47H53BrFN12O4P. The smallest absolute Gasteiger partial charge is 0.328 e. The van der Waals surface area contributed by atoms with Gasteiger partial charge in [-0.15, -0.1) is 0 Å². The van der Waals surface area contributed by atoms with Crippen molar-refractivity contribution in [1.82, 2.24) is 34.9 Å². The number of rotatable bonds is 12. The fraction of sp³-hybridized carbons (Fsp3) is 0.362. The minimum absolute atomic E-state index is 0.234. The van der Waals surface area contributed by atoms with E-state index in [1.165, 1.54) is 6.07 Å². The normalized spacial score (nSPS) is 16.5. The number of methoxy groups -OCH3 is 1. The van der Waals surface area contributed by atoms with Gasteiger partial charge in [0.2, 0.25) is 11.9 Å². The van der Waals surface area contributed by atoms with Crippen molar-refractivity contribution in [3.8, 4) is 16.9 Å². The first-order chi connectivity index (χ1) is 31.7. The molecule has 344 valence electrons. The van der Waals surface area contributed by atoms with Crippen LogP contribution in [0.3, 0.4) is 0 Å². The lowest BCUT2D eigenvalue weighted by molar-refractivity contribution is -0.120. The molecule has 19 heteroatoms. The van der Waals surface area contributed by atoms with Gasteiger partial charge in [-0.25, -0.2) is 14.2 Å². The molecule has 9 rings (SSSR count). The number of hydrogen-bond acceptors (Lipinski definition) is 13. The van der Waals surface area contributed by atoms with Crippen molar-refractivity contribution in [2.24, 2.45) is 13.0 Å². The molecule has 6 heterocycles. The first-order valence-corrected chi connectivity index (χ1v) is 25.5. The van der Waals surface area contributed by atoms with E-state index in [1.54, 1.807) is 55.3 Å². The van der Waals surface area contributed by atoms with Gasteiger partial charge in [0, 0.05) is 123 Å². The highest BCUT2D eigenvalue weighted by Crippen LogP contribution is 2.44. The molecule has 3 N–H and O–H groups in total. The van der Waals surface area contributed by atoms with Crippen molar-refractivity contribution in [2.45, 2.75) is 26.2 Å². The maximum Gasteiger partial charge on any atom is 0.328 e. The molecule has 6 aromatic rings. The number of piperazine rings is 1. The number of amides is 3. The van der Waals surface area contributed by atoms with Gasteiger partial charge in [0.15, 0.2) is 0 Å². The third-order valence-electron chi connectivity index (χ3n) is 12.6. The highest BCUT2D eigenvalue weighted by Gasteiger charge is 2.29. The number of carbonyl (C=O) groups is 2. The number of imide groups is 1. The van der Waals surface area contributed by atoms with Crippen LogP contribution in [0, 0.1) is 18.7 Å². The van der Waals surface area contributed by atoms with E-state index in [-0.39, 0.29) is 17.6 Å². The number of anilines is 7. The van der Waals surface area contributed by atoms with Crippen molar-refractivity contribution in [3.63, 3.8) is 0 Å². The number of ether oxygens (including phenoxy) is 1. The zero-order valence-corrected chi connectivity index (χ0v) is 40.1. The Morgan fingerprint density at radius 1 is 0.894 bits per heavy atom. The van der Waals surface area contributed by atoms with Crippen molar-refractivity contribution in [3.05, 3.63) is 89.2 Å². The summed E-state index contributed by atoms with van der Waals surface area (Å²) in [5.41, 5.74) is 6.99. The fourth-order valence-electron chi connectivity index (χ4n) is 9.20. The van der Waals surface area contributed by atoms with Gasteiger partial charge in [-0.2, -0.15) is 10.1 Å². The van der Waals surface area contributed by atoms with Gasteiger partial charge >= 0.3 is 6.03 Å². The molecule has 3 aliphatic heterocycles. The third kappa shape index (κ3) is 9.58. The first-order valence-electron chi connectivity index (χ1n) is 22.1. The molecule has 0 saturated carbocycles. The monoisotopic (exact) mass is 978 g/mol. The lowest BCUT2D eigenvalue weighted by Crippen LogP contribution is -2.49. The molecule has 3 amide bonds. The second-order valence-electron chi connectivity index (χ2n) is 17.5. The average Bonchev–Trinajstić information content (AvgIpc) is 3.74. The number of nitrogens with zero attached hydrogens (tertiary/aromatic N) is 9. The van der Waals surface area contributed by atoms with Crippen LogP contribution < -0.4 is 40.7 Å². The third-order valence-corrected chi connectivity index (χ3v) is 14.8. The van der Waals surface area contributed by atoms with Crippen LogP contribution in [0.2, 0.25) is 0 Å². The summed E-state index contributed by atoms with van der Waals surface area (Å²) in [5.74, 6) is 1.23. The van der Waals surface area contributed by atoms with Crippen LogP contribution in [-0.4, -0.2) is 114 Å². The summed E-state index contributed by atoms with van der Waals surface area (Å²) >= 11 is 3.59. The van der Waals surface area contributed by atoms with E-state index in [4.69, 9.17) is 9.72 Å².